The van der Waals surface area contributed by atoms with E-state index < -0.39 is 29.2 Å². The zero-order chi connectivity index (χ0) is 18.9. The summed E-state index contributed by atoms with van der Waals surface area (Å²) < 4.78 is 16.8. The fraction of sp³-hybridized carbons (Fsp3) is 0.952. The molecule has 4 fully saturated rings. The molecular weight excluding hydrogens is 335 g/mol. The van der Waals surface area contributed by atoms with Crippen molar-refractivity contribution in [3.05, 3.63) is 0 Å². The monoisotopic (exact) mass is 368 g/mol. The van der Waals surface area contributed by atoms with E-state index in [-0.39, 0.29) is 35.6 Å². The topological polar surface area (TPSA) is 77.8 Å². The van der Waals surface area contributed by atoms with E-state index in [1.54, 1.807) is 0 Å². The molecule has 4 aliphatic rings. The van der Waals surface area contributed by atoms with Crippen LogP contribution in [-0.2, 0) is 4.79 Å². The van der Waals surface area contributed by atoms with Crippen molar-refractivity contribution in [1.29, 1.82) is 0 Å². The first-order valence-corrected chi connectivity index (χ1v) is 10.4. The average molecular weight is 368 g/mol. The Labute approximate surface area is 155 Å². The van der Waals surface area contributed by atoms with E-state index in [0.29, 0.717) is 32.1 Å². The number of alkyl halides is 1. The van der Waals surface area contributed by atoms with Crippen molar-refractivity contribution in [1.82, 2.24) is 0 Å². The Morgan fingerprint density at radius 2 is 1.77 bits per heavy atom. The van der Waals surface area contributed by atoms with Crippen LogP contribution in [0, 0.1) is 34.5 Å². The number of carbonyl (C=O) groups excluding carboxylic acids is 1. The molecule has 0 saturated heterocycles. The molecule has 0 spiro atoms. The summed E-state index contributed by atoms with van der Waals surface area (Å²) in [7, 11) is 0. The van der Waals surface area contributed by atoms with Crippen LogP contribution < -0.4 is 0 Å². The van der Waals surface area contributed by atoms with E-state index >= 15 is 4.39 Å². The SMILES string of the molecule is C[C@]12C[C@@H](O)[C@@]3(F)[C@@H](CC[C@@H]4C[C@H](O)CC[C@@]43C)[C@@H]1CC[C@@H]2C(=O)CO. The molecule has 0 aromatic rings. The van der Waals surface area contributed by atoms with E-state index in [0.717, 1.165) is 19.3 Å². The third kappa shape index (κ3) is 2.20. The van der Waals surface area contributed by atoms with Gasteiger partial charge in [0.1, 0.15) is 12.3 Å². The predicted molar refractivity (Wildman–Crippen MR) is 95.1 cm³/mol. The summed E-state index contributed by atoms with van der Waals surface area (Å²) in [6.45, 7) is 3.56. The van der Waals surface area contributed by atoms with Crippen LogP contribution in [-0.4, -0.2) is 45.6 Å². The summed E-state index contributed by atoms with van der Waals surface area (Å²) in [5, 5.41) is 30.5. The summed E-state index contributed by atoms with van der Waals surface area (Å²) in [6.07, 6.45) is 3.83. The van der Waals surface area contributed by atoms with Crippen molar-refractivity contribution in [2.24, 2.45) is 34.5 Å². The molecule has 4 nitrogen and oxygen atoms in total. The highest BCUT2D eigenvalue weighted by Gasteiger charge is 2.71. The van der Waals surface area contributed by atoms with Crippen LogP contribution in [0.4, 0.5) is 4.39 Å². The van der Waals surface area contributed by atoms with Gasteiger partial charge in [0.15, 0.2) is 5.78 Å². The maximum atomic E-state index is 16.8. The molecule has 0 aromatic carbocycles. The lowest BCUT2D eigenvalue weighted by molar-refractivity contribution is -0.249. The molecule has 9 atom stereocenters. The molecule has 0 aromatic heterocycles. The van der Waals surface area contributed by atoms with E-state index in [9.17, 15) is 20.1 Å². The van der Waals surface area contributed by atoms with Crippen LogP contribution in [0.3, 0.4) is 0 Å². The highest BCUT2D eigenvalue weighted by molar-refractivity contribution is 5.83. The lowest BCUT2D eigenvalue weighted by Crippen LogP contribution is -2.69. The molecule has 0 bridgehead atoms. The Morgan fingerprint density at radius 1 is 1.08 bits per heavy atom. The van der Waals surface area contributed by atoms with Crippen molar-refractivity contribution in [3.8, 4) is 0 Å². The van der Waals surface area contributed by atoms with Crippen LogP contribution in [0.5, 0.6) is 0 Å². The number of rotatable bonds is 2. The first kappa shape index (κ1) is 18.8. The van der Waals surface area contributed by atoms with Gasteiger partial charge in [-0.05, 0) is 74.5 Å². The quantitative estimate of drug-likeness (QED) is 0.700. The molecule has 0 aliphatic heterocycles. The molecule has 3 N–H and O–H groups in total. The average Bonchev–Trinajstić information content (AvgIpc) is 2.93. The standard InChI is InChI=1S/C21H33FO4/c1-19-10-18(26)21(22)15(14(19)5-6-16(19)17(25)11-23)4-3-12-9-13(24)7-8-20(12,21)2/h12-16,18,23-24,26H,3-11H2,1-2H3/t12-,13-,14+,15+,16-,18-,19+,20+,21+/m1/s1. The van der Waals surface area contributed by atoms with E-state index in [4.69, 9.17) is 0 Å². The molecule has 4 rings (SSSR count). The number of aliphatic hydroxyl groups excluding tert-OH is 3. The molecule has 5 heteroatoms. The summed E-state index contributed by atoms with van der Waals surface area (Å²) in [6, 6.07) is 0. The molecule has 4 saturated carbocycles. The van der Waals surface area contributed by atoms with Crippen LogP contribution >= 0.6 is 0 Å². The van der Waals surface area contributed by atoms with Crippen molar-refractivity contribution in [2.45, 2.75) is 83.1 Å². The summed E-state index contributed by atoms with van der Waals surface area (Å²) in [4.78, 5) is 12.3. The van der Waals surface area contributed by atoms with Gasteiger partial charge in [-0.15, -0.1) is 0 Å². The summed E-state index contributed by atoms with van der Waals surface area (Å²) in [5.74, 6) is -0.460. The van der Waals surface area contributed by atoms with Crippen LogP contribution in [0.25, 0.3) is 0 Å². The van der Waals surface area contributed by atoms with E-state index in [1.165, 1.54) is 0 Å². The Bertz CT molecular complexity index is 597. The second-order valence-electron chi connectivity index (χ2n) is 10.1. The molecule has 0 heterocycles. The minimum absolute atomic E-state index is 0.0843. The van der Waals surface area contributed by atoms with Gasteiger partial charge >= 0.3 is 0 Å². The van der Waals surface area contributed by atoms with Crippen molar-refractivity contribution < 1.29 is 24.5 Å². The number of fused-ring (bicyclic) bond motifs is 5. The summed E-state index contributed by atoms with van der Waals surface area (Å²) >= 11 is 0. The Balaban J connectivity index is 1.72. The van der Waals surface area contributed by atoms with E-state index in [1.807, 2.05) is 13.8 Å². The number of carbonyl (C=O) groups is 1. The van der Waals surface area contributed by atoms with Crippen LogP contribution in [0.1, 0.15) is 65.2 Å². The molecule has 0 radical (unpaired) electrons. The maximum absolute atomic E-state index is 16.8. The molecule has 0 unspecified atom stereocenters. The molecule has 148 valence electrons. The van der Waals surface area contributed by atoms with Crippen molar-refractivity contribution in [3.63, 3.8) is 0 Å². The zero-order valence-corrected chi connectivity index (χ0v) is 16.0. The van der Waals surface area contributed by atoms with Gasteiger partial charge < -0.3 is 15.3 Å². The minimum Gasteiger partial charge on any atom is -0.393 e. The highest BCUT2D eigenvalue weighted by Crippen LogP contribution is 2.70. The lowest BCUT2D eigenvalue weighted by atomic mass is 9.42. The number of hydrogen-bond acceptors (Lipinski definition) is 4. The van der Waals surface area contributed by atoms with Gasteiger partial charge in [0.2, 0.25) is 0 Å². The largest absolute Gasteiger partial charge is 0.393 e. The highest BCUT2D eigenvalue weighted by atomic mass is 19.1. The molecular formula is C21H33FO4. The maximum Gasteiger partial charge on any atom is 0.161 e. The van der Waals surface area contributed by atoms with Gasteiger partial charge in [0.25, 0.3) is 0 Å². The normalized spacial score (nSPS) is 56.4. The summed E-state index contributed by atoms with van der Waals surface area (Å²) in [5.41, 5.74) is -2.66. The molecule has 4 aliphatic carbocycles. The fourth-order valence-corrected chi connectivity index (χ4v) is 7.88. The van der Waals surface area contributed by atoms with Crippen LogP contribution in [0.15, 0.2) is 0 Å². The van der Waals surface area contributed by atoms with Gasteiger partial charge in [-0.25, -0.2) is 4.39 Å². The third-order valence-electron chi connectivity index (χ3n) is 9.25. The number of aliphatic hydroxyl groups is 3. The molecule has 0 amide bonds. The fourth-order valence-electron chi connectivity index (χ4n) is 7.88. The van der Waals surface area contributed by atoms with Gasteiger partial charge in [-0.2, -0.15) is 0 Å². The zero-order valence-electron chi connectivity index (χ0n) is 16.0. The smallest absolute Gasteiger partial charge is 0.161 e. The second-order valence-corrected chi connectivity index (χ2v) is 10.1. The van der Waals surface area contributed by atoms with Gasteiger partial charge in [0.05, 0.1) is 12.2 Å². The Hall–Kier alpha value is -0.520. The Kier molecular flexibility index (Phi) is 4.33. The van der Waals surface area contributed by atoms with Crippen LogP contribution in [0.2, 0.25) is 0 Å². The van der Waals surface area contributed by atoms with Crippen molar-refractivity contribution >= 4 is 5.78 Å². The first-order chi connectivity index (χ1) is 12.2. The minimum atomic E-state index is -1.64. The first-order valence-electron chi connectivity index (χ1n) is 10.4. The molecule has 26 heavy (non-hydrogen) atoms. The lowest BCUT2D eigenvalue weighted by Gasteiger charge is -2.65. The second kappa shape index (κ2) is 5.99. The predicted octanol–water partition coefficient (Wildman–Crippen LogP) is 2.63. The third-order valence-corrected chi connectivity index (χ3v) is 9.25. The van der Waals surface area contributed by atoms with Gasteiger partial charge in [0, 0.05) is 11.3 Å². The number of halogens is 1. The van der Waals surface area contributed by atoms with E-state index in [2.05, 4.69) is 0 Å². The number of ketones is 1. The van der Waals surface area contributed by atoms with Gasteiger partial charge in [-0.1, -0.05) is 13.8 Å². The number of Topliss-reactive ketones (excluding diaryl/α,β-unsaturated/α-hetero) is 1. The van der Waals surface area contributed by atoms with Gasteiger partial charge in [-0.3, -0.25) is 4.79 Å². The Morgan fingerprint density at radius 3 is 2.46 bits per heavy atom. The number of hydrogen-bond donors (Lipinski definition) is 3. The van der Waals surface area contributed by atoms with Crippen molar-refractivity contribution in [2.75, 3.05) is 6.61 Å².